The number of benzene rings is 2. The highest BCUT2D eigenvalue weighted by atomic mass is 35.5. The summed E-state index contributed by atoms with van der Waals surface area (Å²) in [4.78, 5) is 17.9. The Morgan fingerprint density at radius 1 is 1.17 bits per heavy atom. The van der Waals surface area contributed by atoms with Crippen LogP contribution in [0.4, 0.5) is 0 Å². The number of methoxy groups -OCH3 is 2. The fourth-order valence-electron chi connectivity index (χ4n) is 4.15. The zero-order valence-electron chi connectivity index (χ0n) is 17.2. The van der Waals surface area contributed by atoms with Gasteiger partial charge in [-0.05, 0) is 54.2 Å². The second-order valence-corrected chi connectivity index (χ2v) is 7.87. The quantitative estimate of drug-likeness (QED) is 0.568. The molecule has 1 amide bonds. The maximum absolute atomic E-state index is 12.7. The predicted molar refractivity (Wildman–Crippen MR) is 120 cm³/mol. The molecule has 1 fully saturated rings. The van der Waals surface area contributed by atoms with Crippen LogP contribution in [0.5, 0.6) is 11.5 Å². The minimum Gasteiger partial charge on any atom is -0.493 e. The normalized spacial score (nSPS) is 15.1. The number of carbonyl (C=O) groups is 1. The van der Waals surface area contributed by atoms with Crippen LogP contribution < -0.4 is 9.47 Å². The van der Waals surface area contributed by atoms with Gasteiger partial charge in [-0.3, -0.25) is 4.79 Å². The van der Waals surface area contributed by atoms with Crippen LogP contribution in [0.3, 0.4) is 0 Å². The lowest BCUT2D eigenvalue weighted by atomic mass is 9.89. The summed E-state index contributed by atoms with van der Waals surface area (Å²) in [5.41, 5.74) is 3.32. The highest BCUT2D eigenvalue weighted by molar-refractivity contribution is 6.32. The Morgan fingerprint density at radius 2 is 1.93 bits per heavy atom. The molecule has 2 heterocycles. The van der Waals surface area contributed by atoms with Gasteiger partial charge >= 0.3 is 0 Å². The van der Waals surface area contributed by atoms with E-state index in [0.29, 0.717) is 22.4 Å². The Morgan fingerprint density at radius 3 is 2.67 bits per heavy atom. The number of para-hydroxylation sites is 1. The zero-order valence-corrected chi connectivity index (χ0v) is 17.9. The fourth-order valence-corrected chi connectivity index (χ4v) is 4.45. The molecule has 4 rings (SSSR count). The molecule has 0 atom stereocenters. The summed E-state index contributed by atoms with van der Waals surface area (Å²) in [5, 5.41) is 1.73. The molecule has 0 bridgehead atoms. The molecular weight excluding hydrogens is 400 g/mol. The Kier molecular flexibility index (Phi) is 6.00. The molecule has 1 aliphatic heterocycles. The Labute approximate surface area is 181 Å². The number of nitrogens with zero attached hydrogens (tertiary/aromatic N) is 1. The van der Waals surface area contributed by atoms with Crippen LogP contribution in [0, 0.1) is 0 Å². The minimum atomic E-state index is 0.0123. The average Bonchev–Trinajstić information content (AvgIpc) is 3.21. The van der Waals surface area contributed by atoms with Crippen LogP contribution >= 0.6 is 11.6 Å². The molecule has 30 heavy (non-hydrogen) atoms. The van der Waals surface area contributed by atoms with Gasteiger partial charge in [0, 0.05) is 36.3 Å². The number of H-pyrrole nitrogens is 1. The minimum absolute atomic E-state index is 0.0123. The number of hydrogen-bond donors (Lipinski definition) is 1. The number of piperidine rings is 1. The van der Waals surface area contributed by atoms with Gasteiger partial charge in [-0.2, -0.15) is 0 Å². The second kappa shape index (κ2) is 8.84. The predicted octanol–water partition coefficient (Wildman–Crippen LogP) is 5.26. The number of fused-ring (bicyclic) bond motifs is 1. The molecule has 1 saturated heterocycles. The standard InChI is InChI=1S/C24H25ClN2O3/c1-29-22-14-16(13-20(25)24(22)30-2)7-8-23(28)27-11-9-17(10-12-27)19-15-26-21-6-4-3-5-18(19)21/h3-8,13-15,17,26H,9-12H2,1-2H3/b8-7+. The molecule has 3 aromatic rings. The summed E-state index contributed by atoms with van der Waals surface area (Å²) in [7, 11) is 3.10. The van der Waals surface area contributed by atoms with Gasteiger partial charge in [0.15, 0.2) is 11.5 Å². The van der Waals surface area contributed by atoms with E-state index in [0.717, 1.165) is 31.5 Å². The largest absolute Gasteiger partial charge is 0.493 e. The van der Waals surface area contributed by atoms with Crippen LogP contribution in [0.2, 0.25) is 5.02 Å². The van der Waals surface area contributed by atoms with E-state index in [1.54, 1.807) is 38.5 Å². The number of halogens is 1. The molecule has 1 N–H and O–H groups in total. The number of aromatic amines is 1. The van der Waals surface area contributed by atoms with E-state index >= 15 is 0 Å². The van der Waals surface area contributed by atoms with E-state index < -0.39 is 0 Å². The third kappa shape index (κ3) is 4.03. The highest BCUT2D eigenvalue weighted by Crippen LogP contribution is 2.36. The summed E-state index contributed by atoms with van der Waals surface area (Å²) in [6.07, 6.45) is 7.41. The Balaban J connectivity index is 1.40. The molecule has 2 aromatic carbocycles. The molecule has 0 spiro atoms. The maximum atomic E-state index is 12.7. The van der Waals surface area contributed by atoms with Gasteiger partial charge in [0.2, 0.25) is 5.91 Å². The molecule has 156 valence electrons. The SMILES string of the molecule is COc1cc(/C=C/C(=O)N2CCC(c3c[nH]c4ccccc34)CC2)cc(Cl)c1OC. The first-order valence-electron chi connectivity index (χ1n) is 10.0. The molecular formula is C24H25ClN2O3. The van der Waals surface area contributed by atoms with E-state index in [1.165, 1.54) is 16.5 Å². The van der Waals surface area contributed by atoms with Crippen molar-refractivity contribution in [2.24, 2.45) is 0 Å². The number of aromatic nitrogens is 1. The molecule has 1 aromatic heterocycles. The molecule has 0 saturated carbocycles. The van der Waals surface area contributed by atoms with Crippen molar-refractivity contribution in [1.29, 1.82) is 0 Å². The summed E-state index contributed by atoms with van der Waals surface area (Å²) in [6.45, 7) is 1.50. The smallest absolute Gasteiger partial charge is 0.246 e. The summed E-state index contributed by atoms with van der Waals surface area (Å²) in [6, 6.07) is 11.9. The van der Waals surface area contributed by atoms with Crippen LogP contribution in [0.25, 0.3) is 17.0 Å². The molecule has 0 radical (unpaired) electrons. The number of nitrogens with one attached hydrogen (secondary N) is 1. The van der Waals surface area contributed by atoms with Crippen molar-refractivity contribution in [1.82, 2.24) is 9.88 Å². The lowest BCUT2D eigenvalue weighted by Crippen LogP contribution is -2.36. The number of rotatable bonds is 5. The van der Waals surface area contributed by atoms with Gasteiger partial charge in [-0.25, -0.2) is 0 Å². The second-order valence-electron chi connectivity index (χ2n) is 7.46. The summed E-state index contributed by atoms with van der Waals surface area (Å²) >= 11 is 6.25. The lowest BCUT2D eigenvalue weighted by molar-refractivity contribution is -0.126. The number of likely N-dealkylation sites (tertiary alicyclic amines) is 1. The van der Waals surface area contributed by atoms with Crippen molar-refractivity contribution in [3.8, 4) is 11.5 Å². The van der Waals surface area contributed by atoms with Crippen molar-refractivity contribution in [2.75, 3.05) is 27.3 Å². The van der Waals surface area contributed by atoms with Gasteiger partial charge in [0.1, 0.15) is 0 Å². The van der Waals surface area contributed by atoms with Gasteiger partial charge in [0.05, 0.1) is 19.2 Å². The number of carbonyl (C=O) groups excluding carboxylic acids is 1. The van der Waals surface area contributed by atoms with Crippen LogP contribution in [-0.2, 0) is 4.79 Å². The number of amides is 1. The van der Waals surface area contributed by atoms with Gasteiger partial charge < -0.3 is 19.4 Å². The summed E-state index contributed by atoms with van der Waals surface area (Å²) in [5.74, 6) is 1.51. The van der Waals surface area contributed by atoms with Crippen molar-refractivity contribution < 1.29 is 14.3 Å². The maximum Gasteiger partial charge on any atom is 0.246 e. The van der Waals surface area contributed by atoms with Gasteiger partial charge in [0.25, 0.3) is 0 Å². The molecule has 1 aliphatic rings. The average molecular weight is 425 g/mol. The third-order valence-electron chi connectivity index (χ3n) is 5.74. The van der Waals surface area contributed by atoms with E-state index in [1.807, 2.05) is 11.0 Å². The molecule has 0 aliphatic carbocycles. The highest BCUT2D eigenvalue weighted by Gasteiger charge is 2.24. The molecule has 5 nitrogen and oxygen atoms in total. The lowest BCUT2D eigenvalue weighted by Gasteiger charge is -2.31. The van der Waals surface area contributed by atoms with Gasteiger partial charge in [-0.1, -0.05) is 29.8 Å². The van der Waals surface area contributed by atoms with E-state index in [2.05, 4.69) is 29.4 Å². The van der Waals surface area contributed by atoms with Crippen LogP contribution in [0.15, 0.2) is 48.7 Å². The first-order chi connectivity index (χ1) is 14.6. The van der Waals surface area contributed by atoms with E-state index in [-0.39, 0.29) is 5.91 Å². The Hall–Kier alpha value is -2.92. The van der Waals surface area contributed by atoms with E-state index in [9.17, 15) is 4.79 Å². The number of hydrogen-bond acceptors (Lipinski definition) is 3. The number of ether oxygens (including phenoxy) is 2. The fraction of sp³-hybridized carbons (Fsp3) is 0.292. The monoisotopic (exact) mass is 424 g/mol. The molecule has 0 unspecified atom stereocenters. The first-order valence-corrected chi connectivity index (χ1v) is 10.4. The Bertz CT molecular complexity index is 1080. The third-order valence-corrected chi connectivity index (χ3v) is 6.02. The van der Waals surface area contributed by atoms with Crippen molar-refractivity contribution in [3.05, 3.63) is 64.8 Å². The zero-order chi connectivity index (χ0) is 21.1. The topological polar surface area (TPSA) is 54.6 Å². The van der Waals surface area contributed by atoms with E-state index in [4.69, 9.17) is 21.1 Å². The first kappa shape index (κ1) is 20.4. The van der Waals surface area contributed by atoms with Gasteiger partial charge in [-0.15, -0.1) is 0 Å². The van der Waals surface area contributed by atoms with Crippen molar-refractivity contribution in [3.63, 3.8) is 0 Å². The van der Waals surface area contributed by atoms with Crippen LogP contribution in [-0.4, -0.2) is 43.1 Å². The van der Waals surface area contributed by atoms with Crippen molar-refractivity contribution >= 4 is 34.5 Å². The van der Waals surface area contributed by atoms with Crippen molar-refractivity contribution in [2.45, 2.75) is 18.8 Å². The summed E-state index contributed by atoms with van der Waals surface area (Å²) < 4.78 is 10.6. The molecule has 6 heteroatoms. The van der Waals surface area contributed by atoms with Crippen LogP contribution in [0.1, 0.15) is 29.9 Å².